The lowest BCUT2D eigenvalue weighted by molar-refractivity contribution is 0.509. The van der Waals surface area contributed by atoms with Crippen molar-refractivity contribution in [1.29, 1.82) is 0 Å². The standard InChI is InChI=1S/C18H15F2N5/c1-24-11-25(10-14-9-21-4-5-22-14)17-7-13(8-23-18(17)24)12-2-3-15(19)16(20)6-12/h2-9H,10-11H2,1H3. The van der Waals surface area contributed by atoms with E-state index < -0.39 is 11.6 Å². The van der Waals surface area contributed by atoms with Gasteiger partial charge in [-0.3, -0.25) is 9.97 Å². The van der Waals surface area contributed by atoms with Crippen LogP contribution >= 0.6 is 0 Å². The molecule has 3 heterocycles. The minimum atomic E-state index is -0.869. The maximum Gasteiger partial charge on any atom is 0.159 e. The van der Waals surface area contributed by atoms with E-state index in [4.69, 9.17) is 0 Å². The molecule has 0 bridgehead atoms. The summed E-state index contributed by atoms with van der Waals surface area (Å²) in [7, 11) is 1.96. The molecule has 3 aromatic rings. The largest absolute Gasteiger partial charge is 0.345 e. The van der Waals surface area contributed by atoms with Gasteiger partial charge in [0.05, 0.1) is 30.8 Å². The van der Waals surface area contributed by atoms with Crippen LogP contribution in [-0.4, -0.2) is 28.7 Å². The molecule has 0 fully saturated rings. The fraction of sp³-hybridized carbons (Fsp3) is 0.167. The summed E-state index contributed by atoms with van der Waals surface area (Å²) < 4.78 is 26.7. The highest BCUT2D eigenvalue weighted by atomic mass is 19.2. The fourth-order valence-corrected chi connectivity index (χ4v) is 2.95. The van der Waals surface area contributed by atoms with Gasteiger partial charge in [0.1, 0.15) is 0 Å². The SMILES string of the molecule is CN1CN(Cc2cnccn2)c2cc(-c3ccc(F)c(F)c3)cnc21. The predicted molar refractivity (Wildman–Crippen MR) is 91.1 cm³/mol. The lowest BCUT2D eigenvalue weighted by Crippen LogP contribution is -2.28. The first-order chi connectivity index (χ1) is 12.1. The molecule has 0 unspecified atom stereocenters. The van der Waals surface area contributed by atoms with Gasteiger partial charge in [0, 0.05) is 31.2 Å². The number of fused-ring (bicyclic) bond motifs is 1. The Morgan fingerprint density at radius 2 is 1.88 bits per heavy atom. The van der Waals surface area contributed by atoms with Crippen LogP contribution in [0, 0.1) is 11.6 Å². The molecule has 1 aliphatic heterocycles. The third-order valence-electron chi connectivity index (χ3n) is 4.15. The van der Waals surface area contributed by atoms with Crippen LogP contribution in [0.25, 0.3) is 11.1 Å². The van der Waals surface area contributed by atoms with E-state index in [1.165, 1.54) is 6.07 Å². The number of hydrogen-bond acceptors (Lipinski definition) is 5. The molecule has 1 aromatic carbocycles. The van der Waals surface area contributed by atoms with Crippen LogP contribution in [-0.2, 0) is 6.54 Å². The average molecular weight is 339 g/mol. The molecular weight excluding hydrogens is 324 g/mol. The Labute approximate surface area is 143 Å². The normalized spacial score (nSPS) is 13.2. The molecule has 0 radical (unpaired) electrons. The van der Waals surface area contributed by atoms with E-state index in [0.29, 0.717) is 18.8 Å². The average Bonchev–Trinajstić information content (AvgIpc) is 2.93. The summed E-state index contributed by atoms with van der Waals surface area (Å²) in [4.78, 5) is 17.0. The number of nitrogens with zero attached hydrogens (tertiary/aromatic N) is 5. The van der Waals surface area contributed by atoms with Crippen molar-refractivity contribution in [2.45, 2.75) is 6.54 Å². The Morgan fingerprint density at radius 3 is 2.64 bits per heavy atom. The Morgan fingerprint density at radius 1 is 1.00 bits per heavy atom. The van der Waals surface area contributed by atoms with Crippen molar-refractivity contribution in [2.24, 2.45) is 0 Å². The summed E-state index contributed by atoms with van der Waals surface area (Å²) in [6.07, 6.45) is 6.70. The number of anilines is 2. The zero-order valence-electron chi connectivity index (χ0n) is 13.5. The smallest absolute Gasteiger partial charge is 0.159 e. The van der Waals surface area contributed by atoms with Crippen LogP contribution in [0.5, 0.6) is 0 Å². The number of hydrogen-bond donors (Lipinski definition) is 0. The zero-order chi connectivity index (χ0) is 17.4. The van der Waals surface area contributed by atoms with Crippen molar-refractivity contribution < 1.29 is 8.78 Å². The van der Waals surface area contributed by atoms with Crippen molar-refractivity contribution >= 4 is 11.5 Å². The number of benzene rings is 1. The van der Waals surface area contributed by atoms with E-state index in [1.807, 2.05) is 18.0 Å². The van der Waals surface area contributed by atoms with Gasteiger partial charge in [-0.15, -0.1) is 0 Å². The summed E-state index contributed by atoms with van der Waals surface area (Å²) >= 11 is 0. The van der Waals surface area contributed by atoms with Gasteiger partial charge >= 0.3 is 0 Å². The molecule has 0 saturated carbocycles. The lowest BCUT2D eigenvalue weighted by Gasteiger charge is -2.18. The monoisotopic (exact) mass is 339 g/mol. The van der Waals surface area contributed by atoms with Gasteiger partial charge in [-0.2, -0.15) is 0 Å². The highest BCUT2D eigenvalue weighted by Gasteiger charge is 2.25. The van der Waals surface area contributed by atoms with Gasteiger partial charge in [-0.05, 0) is 23.8 Å². The van der Waals surface area contributed by atoms with Gasteiger partial charge in [0.2, 0.25) is 0 Å². The number of rotatable bonds is 3. The first kappa shape index (κ1) is 15.4. The van der Waals surface area contributed by atoms with E-state index in [2.05, 4.69) is 19.9 Å². The molecule has 7 heteroatoms. The molecule has 0 aliphatic carbocycles. The fourth-order valence-electron chi connectivity index (χ4n) is 2.95. The van der Waals surface area contributed by atoms with Crippen molar-refractivity contribution in [3.8, 4) is 11.1 Å². The first-order valence-electron chi connectivity index (χ1n) is 7.78. The third kappa shape index (κ3) is 2.88. The van der Waals surface area contributed by atoms with Crippen molar-refractivity contribution in [1.82, 2.24) is 15.0 Å². The van der Waals surface area contributed by atoms with Gasteiger partial charge < -0.3 is 9.80 Å². The van der Waals surface area contributed by atoms with Crippen molar-refractivity contribution in [2.75, 3.05) is 23.5 Å². The van der Waals surface area contributed by atoms with Gasteiger partial charge in [0.25, 0.3) is 0 Å². The maximum absolute atomic E-state index is 13.5. The number of aromatic nitrogens is 3. The molecular formula is C18H15F2N5. The van der Waals surface area contributed by atoms with E-state index in [1.54, 1.807) is 30.9 Å². The van der Waals surface area contributed by atoms with E-state index in [0.717, 1.165) is 28.8 Å². The van der Waals surface area contributed by atoms with Gasteiger partial charge in [0.15, 0.2) is 17.5 Å². The molecule has 0 spiro atoms. The molecule has 5 nitrogen and oxygen atoms in total. The molecule has 1 aliphatic rings. The summed E-state index contributed by atoms with van der Waals surface area (Å²) in [6, 6.07) is 5.80. The highest BCUT2D eigenvalue weighted by molar-refractivity contribution is 5.78. The molecule has 25 heavy (non-hydrogen) atoms. The second-order valence-electron chi connectivity index (χ2n) is 5.93. The Bertz CT molecular complexity index is 917. The van der Waals surface area contributed by atoms with Crippen LogP contribution in [0.2, 0.25) is 0 Å². The van der Waals surface area contributed by atoms with Crippen molar-refractivity contribution in [3.63, 3.8) is 0 Å². The van der Waals surface area contributed by atoms with Crippen LogP contribution in [0.3, 0.4) is 0 Å². The molecule has 126 valence electrons. The Kier molecular flexibility index (Phi) is 3.76. The summed E-state index contributed by atoms with van der Waals surface area (Å²) in [6.45, 7) is 1.26. The summed E-state index contributed by atoms with van der Waals surface area (Å²) in [5, 5.41) is 0. The summed E-state index contributed by atoms with van der Waals surface area (Å²) in [5.74, 6) is -0.886. The lowest BCUT2D eigenvalue weighted by atomic mass is 10.1. The van der Waals surface area contributed by atoms with Crippen LogP contribution in [0.1, 0.15) is 5.69 Å². The zero-order valence-corrected chi connectivity index (χ0v) is 13.5. The molecule has 0 amide bonds. The molecule has 0 saturated heterocycles. The Balaban J connectivity index is 1.70. The second-order valence-corrected chi connectivity index (χ2v) is 5.93. The van der Waals surface area contributed by atoms with E-state index in [-0.39, 0.29) is 0 Å². The first-order valence-corrected chi connectivity index (χ1v) is 7.78. The molecule has 0 atom stereocenters. The topological polar surface area (TPSA) is 45.2 Å². The van der Waals surface area contributed by atoms with Crippen LogP contribution in [0.15, 0.2) is 49.1 Å². The van der Waals surface area contributed by atoms with E-state index >= 15 is 0 Å². The van der Waals surface area contributed by atoms with Gasteiger partial charge in [-0.1, -0.05) is 6.07 Å². The predicted octanol–water partition coefficient (Wildman–Crippen LogP) is 3.23. The van der Waals surface area contributed by atoms with Gasteiger partial charge in [-0.25, -0.2) is 13.8 Å². The van der Waals surface area contributed by atoms with Crippen LogP contribution in [0.4, 0.5) is 20.3 Å². The third-order valence-corrected chi connectivity index (χ3v) is 4.15. The highest BCUT2D eigenvalue weighted by Crippen LogP contribution is 2.37. The molecule has 2 aromatic heterocycles. The summed E-state index contributed by atoms with van der Waals surface area (Å²) in [5.41, 5.74) is 3.10. The molecule has 4 rings (SSSR count). The quantitative estimate of drug-likeness (QED) is 0.733. The Hall–Kier alpha value is -3.09. The minimum absolute atomic E-state index is 0.586. The minimum Gasteiger partial charge on any atom is -0.345 e. The van der Waals surface area contributed by atoms with Crippen LogP contribution < -0.4 is 9.80 Å². The second kappa shape index (κ2) is 6.08. The molecule has 0 N–H and O–H groups in total. The number of halogens is 2. The van der Waals surface area contributed by atoms with Crippen molar-refractivity contribution in [3.05, 3.63) is 66.4 Å². The maximum atomic E-state index is 13.5. The van der Waals surface area contributed by atoms with E-state index in [9.17, 15) is 8.78 Å². The number of pyridine rings is 1.